The monoisotopic (exact) mass is 369 g/mol. The third-order valence-corrected chi connectivity index (χ3v) is 4.81. The van der Waals surface area contributed by atoms with Crippen LogP contribution >= 0.6 is 0 Å². The lowest BCUT2D eigenvalue weighted by molar-refractivity contribution is -0.136. The standard InChI is InChI=1S/C21H24FN3O2/c1-16(17-7-3-2-4-8-17)23-20(26)15-21(27)25-13-11-24(12-14-25)19-10-6-5-9-18(19)22/h2-10,16H,11-15H2,1H3,(H,23,26). The van der Waals surface area contributed by atoms with Crippen LogP contribution in [0.4, 0.5) is 10.1 Å². The van der Waals surface area contributed by atoms with E-state index >= 15 is 0 Å². The molecule has 1 unspecified atom stereocenters. The molecule has 0 radical (unpaired) electrons. The van der Waals surface area contributed by atoms with Crippen molar-refractivity contribution in [2.45, 2.75) is 19.4 Å². The Morgan fingerprint density at radius 3 is 2.30 bits per heavy atom. The van der Waals surface area contributed by atoms with Gasteiger partial charge < -0.3 is 15.1 Å². The maximum absolute atomic E-state index is 13.9. The molecule has 2 aromatic carbocycles. The summed E-state index contributed by atoms with van der Waals surface area (Å²) >= 11 is 0. The molecule has 3 rings (SSSR count). The molecule has 0 aliphatic carbocycles. The van der Waals surface area contributed by atoms with Crippen LogP contribution in [0.3, 0.4) is 0 Å². The summed E-state index contributed by atoms with van der Waals surface area (Å²) in [7, 11) is 0. The average molecular weight is 369 g/mol. The van der Waals surface area contributed by atoms with E-state index in [1.807, 2.05) is 42.2 Å². The van der Waals surface area contributed by atoms with Gasteiger partial charge in [-0.3, -0.25) is 9.59 Å². The molecule has 0 saturated carbocycles. The number of hydrogen-bond acceptors (Lipinski definition) is 3. The summed E-state index contributed by atoms with van der Waals surface area (Å²) in [5.74, 6) is -0.736. The predicted octanol–water partition coefficient (Wildman–Crippen LogP) is 2.74. The van der Waals surface area contributed by atoms with Gasteiger partial charge in [0.1, 0.15) is 12.2 Å². The number of rotatable bonds is 5. The second-order valence-electron chi connectivity index (χ2n) is 6.70. The van der Waals surface area contributed by atoms with Gasteiger partial charge in [0, 0.05) is 26.2 Å². The van der Waals surface area contributed by atoms with Crippen molar-refractivity contribution < 1.29 is 14.0 Å². The highest BCUT2D eigenvalue weighted by Gasteiger charge is 2.24. The lowest BCUT2D eigenvalue weighted by Gasteiger charge is -2.36. The first-order valence-electron chi connectivity index (χ1n) is 9.16. The number of carbonyl (C=O) groups is 2. The lowest BCUT2D eigenvalue weighted by Crippen LogP contribution is -2.49. The normalized spacial score (nSPS) is 15.3. The van der Waals surface area contributed by atoms with Gasteiger partial charge in [0.15, 0.2) is 0 Å². The Morgan fingerprint density at radius 1 is 1.00 bits per heavy atom. The number of para-hydroxylation sites is 1. The molecule has 5 nitrogen and oxygen atoms in total. The zero-order valence-corrected chi connectivity index (χ0v) is 15.4. The maximum Gasteiger partial charge on any atom is 0.232 e. The number of halogens is 1. The summed E-state index contributed by atoms with van der Waals surface area (Å²) in [5.41, 5.74) is 1.55. The van der Waals surface area contributed by atoms with Crippen molar-refractivity contribution in [3.8, 4) is 0 Å². The first-order chi connectivity index (χ1) is 13.0. The number of hydrogen-bond donors (Lipinski definition) is 1. The zero-order chi connectivity index (χ0) is 19.2. The molecule has 0 spiro atoms. The van der Waals surface area contributed by atoms with Gasteiger partial charge in [-0.05, 0) is 24.6 Å². The topological polar surface area (TPSA) is 52.7 Å². The fourth-order valence-corrected chi connectivity index (χ4v) is 3.27. The third kappa shape index (κ3) is 4.84. The molecule has 1 heterocycles. The van der Waals surface area contributed by atoms with Crippen LogP contribution in [-0.4, -0.2) is 42.9 Å². The molecule has 1 atom stereocenters. The van der Waals surface area contributed by atoms with Crippen LogP contribution in [0.1, 0.15) is 24.9 Å². The molecule has 1 saturated heterocycles. The largest absolute Gasteiger partial charge is 0.366 e. The van der Waals surface area contributed by atoms with Gasteiger partial charge in [0.25, 0.3) is 0 Å². The molecular formula is C21H24FN3O2. The molecular weight excluding hydrogens is 345 g/mol. The number of nitrogens with zero attached hydrogens (tertiary/aromatic N) is 2. The summed E-state index contributed by atoms with van der Waals surface area (Å²) in [5, 5.41) is 2.86. The second kappa shape index (κ2) is 8.66. The molecule has 27 heavy (non-hydrogen) atoms. The Hall–Kier alpha value is -2.89. The highest BCUT2D eigenvalue weighted by molar-refractivity contribution is 5.97. The molecule has 1 aliphatic rings. The van der Waals surface area contributed by atoms with E-state index in [1.165, 1.54) is 6.07 Å². The van der Waals surface area contributed by atoms with E-state index in [9.17, 15) is 14.0 Å². The van der Waals surface area contributed by atoms with E-state index in [1.54, 1.807) is 23.1 Å². The Kier molecular flexibility index (Phi) is 6.06. The van der Waals surface area contributed by atoms with E-state index in [0.29, 0.717) is 31.9 Å². The van der Waals surface area contributed by atoms with Crippen molar-refractivity contribution in [3.05, 3.63) is 66.0 Å². The fraction of sp³-hybridized carbons (Fsp3) is 0.333. The molecule has 1 N–H and O–H groups in total. The van der Waals surface area contributed by atoms with E-state index in [0.717, 1.165) is 5.56 Å². The first kappa shape index (κ1) is 18.9. The van der Waals surface area contributed by atoms with Crippen LogP contribution in [-0.2, 0) is 9.59 Å². The smallest absolute Gasteiger partial charge is 0.232 e. The average Bonchev–Trinajstić information content (AvgIpc) is 2.69. The summed E-state index contributed by atoms with van der Waals surface area (Å²) in [4.78, 5) is 28.2. The van der Waals surface area contributed by atoms with Crippen molar-refractivity contribution in [2.24, 2.45) is 0 Å². The van der Waals surface area contributed by atoms with Crippen LogP contribution < -0.4 is 10.2 Å². The van der Waals surface area contributed by atoms with Gasteiger partial charge in [0.2, 0.25) is 11.8 Å². The van der Waals surface area contributed by atoms with Crippen LogP contribution in [0, 0.1) is 5.82 Å². The van der Waals surface area contributed by atoms with Crippen molar-refractivity contribution in [1.29, 1.82) is 0 Å². The Morgan fingerprint density at radius 2 is 1.63 bits per heavy atom. The van der Waals surface area contributed by atoms with Gasteiger partial charge >= 0.3 is 0 Å². The molecule has 1 fully saturated rings. The summed E-state index contributed by atoms with van der Waals surface area (Å²) in [6, 6.07) is 16.1. The quantitative estimate of drug-likeness (QED) is 0.825. The second-order valence-corrected chi connectivity index (χ2v) is 6.70. The summed E-state index contributed by atoms with van der Waals surface area (Å²) in [6.07, 6.45) is -0.170. The first-order valence-corrected chi connectivity index (χ1v) is 9.16. The SMILES string of the molecule is CC(NC(=O)CC(=O)N1CCN(c2ccccc2F)CC1)c1ccccc1. The Bertz CT molecular complexity index is 789. The van der Waals surface area contributed by atoms with Crippen LogP contribution in [0.5, 0.6) is 0 Å². The highest BCUT2D eigenvalue weighted by atomic mass is 19.1. The fourth-order valence-electron chi connectivity index (χ4n) is 3.27. The minimum atomic E-state index is -0.284. The lowest BCUT2D eigenvalue weighted by atomic mass is 10.1. The predicted molar refractivity (Wildman–Crippen MR) is 103 cm³/mol. The molecule has 0 bridgehead atoms. The minimum absolute atomic E-state index is 0.149. The summed E-state index contributed by atoms with van der Waals surface area (Å²) in [6.45, 7) is 3.96. The highest BCUT2D eigenvalue weighted by Crippen LogP contribution is 2.20. The molecule has 1 aliphatic heterocycles. The van der Waals surface area contributed by atoms with E-state index in [4.69, 9.17) is 0 Å². The maximum atomic E-state index is 13.9. The minimum Gasteiger partial charge on any atom is -0.366 e. The molecule has 0 aromatic heterocycles. The van der Waals surface area contributed by atoms with Crippen molar-refractivity contribution in [1.82, 2.24) is 10.2 Å². The third-order valence-electron chi connectivity index (χ3n) is 4.81. The van der Waals surface area contributed by atoms with E-state index in [2.05, 4.69) is 5.32 Å². The van der Waals surface area contributed by atoms with E-state index < -0.39 is 0 Å². The Balaban J connectivity index is 1.48. The van der Waals surface area contributed by atoms with Crippen LogP contribution in [0.15, 0.2) is 54.6 Å². The molecule has 2 amide bonds. The number of nitrogens with one attached hydrogen (secondary N) is 1. The van der Waals surface area contributed by atoms with E-state index in [-0.39, 0.29) is 30.1 Å². The number of benzene rings is 2. The van der Waals surface area contributed by atoms with Crippen molar-refractivity contribution in [2.75, 3.05) is 31.1 Å². The molecule has 6 heteroatoms. The van der Waals surface area contributed by atoms with Crippen LogP contribution in [0.2, 0.25) is 0 Å². The zero-order valence-electron chi connectivity index (χ0n) is 15.4. The van der Waals surface area contributed by atoms with Gasteiger partial charge in [-0.25, -0.2) is 4.39 Å². The number of amides is 2. The van der Waals surface area contributed by atoms with Gasteiger partial charge in [-0.15, -0.1) is 0 Å². The molecule has 142 valence electrons. The van der Waals surface area contributed by atoms with Gasteiger partial charge in [-0.1, -0.05) is 42.5 Å². The Labute approximate surface area is 158 Å². The summed E-state index contributed by atoms with van der Waals surface area (Å²) < 4.78 is 13.9. The number of anilines is 1. The van der Waals surface area contributed by atoms with Gasteiger partial charge in [0.05, 0.1) is 11.7 Å². The number of piperazine rings is 1. The molecule has 2 aromatic rings. The van der Waals surface area contributed by atoms with Crippen molar-refractivity contribution >= 4 is 17.5 Å². The van der Waals surface area contributed by atoms with Crippen molar-refractivity contribution in [3.63, 3.8) is 0 Å². The van der Waals surface area contributed by atoms with Crippen LogP contribution in [0.25, 0.3) is 0 Å². The number of carbonyl (C=O) groups excluding carboxylic acids is 2. The van der Waals surface area contributed by atoms with Gasteiger partial charge in [-0.2, -0.15) is 0 Å².